The number of amides is 1. The first-order chi connectivity index (χ1) is 18.0. The van der Waals surface area contributed by atoms with Gasteiger partial charge < -0.3 is 4.90 Å². The number of non-ortho nitro benzene ring substituents is 1. The number of Topliss-reactive ketones (excluding diaryl/α,β-unsaturated/α-hetero) is 1. The first kappa shape index (κ1) is 25.2. The molecule has 1 amide bonds. The number of H-pyrrole nitrogens is 1. The number of piperidine rings is 1. The van der Waals surface area contributed by atoms with Gasteiger partial charge in [-0.05, 0) is 50.2 Å². The van der Waals surface area contributed by atoms with Gasteiger partial charge in [-0.2, -0.15) is 16.9 Å². The third-order valence-corrected chi connectivity index (χ3v) is 8.14. The fraction of sp³-hybridized carbons (Fsp3) is 0.370. The molecule has 2 aliphatic rings. The maximum Gasteiger partial charge on any atom is 0.269 e. The zero-order chi connectivity index (χ0) is 25.8. The molecule has 0 spiro atoms. The zero-order valence-corrected chi connectivity index (χ0v) is 21.3. The molecular weight excluding hydrogens is 490 g/mol. The number of aryl methyl sites for hydroxylation is 1. The highest BCUT2D eigenvalue weighted by Gasteiger charge is 2.29. The Balaban J connectivity index is 1.28. The Kier molecular flexibility index (Phi) is 7.66. The molecule has 10 heteroatoms. The molecular formula is C27H29N5O4S. The quantitative estimate of drug-likeness (QED) is 0.267. The summed E-state index contributed by atoms with van der Waals surface area (Å²) < 4.78 is 0. The third-order valence-electron chi connectivity index (χ3n) is 7.16. The van der Waals surface area contributed by atoms with Crippen molar-refractivity contribution >= 4 is 35.0 Å². The van der Waals surface area contributed by atoms with Crippen molar-refractivity contribution in [3.8, 4) is 0 Å². The summed E-state index contributed by atoms with van der Waals surface area (Å²) in [6.07, 6.45) is 2.46. The van der Waals surface area contributed by atoms with Gasteiger partial charge in [0.1, 0.15) is 0 Å². The van der Waals surface area contributed by atoms with Gasteiger partial charge in [-0.1, -0.05) is 30.3 Å². The highest BCUT2D eigenvalue weighted by atomic mass is 32.2. The van der Waals surface area contributed by atoms with Gasteiger partial charge in [0.25, 0.3) is 11.6 Å². The number of rotatable bonds is 8. The minimum atomic E-state index is -0.473. The molecule has 0 radical (unpaired) electrons. The Labute approximate surface area is 219 Å². The Morgan fingerprint density at radius 2 is 1.81 bits per heavy atom. The number of nitro benzene ring substituents is 1. The number of aromatic nitrogens is 2. The van der Waals surface area contributed by atoms with E-state index < -0.39 is 4.92 Å². The van der Waals surface area contributed by atoms with Crippen molar-refractivity contribution < 1.29 is 14.5 Å². The number of anilines is 1. The zero-order valence-electron chi connectivity index (χ0n) is 20.5. The molecule has 0 saturated carbocycles. The lowest BCUT2D eigenvalue weighted by molar-refractivity contribution is -0.384. The van der Waals surface area contributed by atoms with Crippen molar-refractivity contribution in [2.45, 2.75) is 25.0 Å². The summed E-state index contributed by atoms with van der Waals surface area (Å²) in [4.78, 5) is 41.0. The second-order valence-corrected chi connectivity index (χ2v) is 10.5. The molecule has 0 bridgehead atoms. The Morgan fingerprint density at radius 3 is 2.51 bits per heavy atom. The van der Waals surface area contributed by atoms with Gasteiger partial charge in [0.15, 0.2) is 11.6 Å². The lowest BCUT2D eigenvalue weighted by Gasteiger charge is -2.33. The summed E-state index contributed by atoms with van der Waals surface area (Å²) in [6, 6.07) is 15.2. The monoisotopic (exact) mass is 519 g/mol. The predicted molar refractivity (Wildman–Crippen MR) is 143 cm³/mol. The molecule has 192 valence electrons. The van der Waals surface area contributed by atoms with E-state index in [0.29, 0.717) is 24.5 Å². The minimum Gasteiger partial charge on any atom is -0.302 e. The van der Waals surface area contributed by atoms with Crippen molar-refractivity contribution in [3.63, 3.8) is 0 Å². The van der Waals surface area contributed by atoms with E-state index in [2.05, 4.69) is 15.1 Å². The van der Waals surface area contributed by atoms with E-state index in [9.17, 15) is 19.7 Å². The topological polar surface area (TPSA) is 112 Å². The lowest BCUT2D eigenvalue weighted by Crippen LogP contribution is -2.43. The molecule has 2 aliphatic heterocycles. The number of aromatic amines is 1. The van der Waals surface area contributed by atoms with Crippen molar-refractivity contribution in [1.82, 2.24) is 15.1 Å². The Morgan fingerprint density at radius 1 is 1.08 bits per heavy atom. The average molecular weight is 520 g/mol. The number of nitrogens with one attached hydrogen (secondary N) is 1. The summed E-state index contributed by atoms with van der Waals surface area (Å²) in [5.74, 6) is 2.44. The Hall–Kier alpha value is -3.50. The SMILES string of the molecule is O=C(c1ccccc1)C1CCN(CCN(C(=O)c2ccc([N+](=O)[O-])cc2)c2n[nH]c3c2CSCC3)CC1. The lowest BCUT2D eigenvalue weighted by atomic mass is 9.89. The van der Waals surface area contributed by atoms with E-state index in [4.69, 9.17) is 0 Å². The molecule has 0 unspecified atom stereocenters. The van der Waals surface area contributed by atoms with Gasteiger partial charge in [0.2, 0.25) is 0 Å². The smallest absolute Gasteiger partial charge is 0.269 e. The highest BCUT2D eigenvalue weighted by Crippen LogP contribution is 2.32. The molecule has 1 saturated heterocycles. The molecule has 1 N–H and O–H groups in total. The molecule has 3 aromatic rings. The van der Waals surface area contributed by atoms with Crippen LogP contribution in [-0.2, 0) is 12.2 Å². The van der Waals surface area contributed by atoms with E-state index in [1.807, 2.05) is 42.1 Å². The maximum atomic E-state index is 13.6. The molecule has 1 fully saturated rings. The van der Waals surface area contributed by atoms with E-state index in [0.717, 1.165) is 60.7 Å². The van der Waals surface area contributed by atoms with Gasteiger partial charge >= 0.3 is 0 Å². The van der Waals surface area contributed by atoms with Crippen molar-refractivity contribution in [2.75, 3.05) is 36.8 Å². The summed E-state index contributed by atoms with van der Waals surface area (Å²) in [5, 5.41) is 18.7. The van der Waals surface area contributed by atoms with Crippen LogP contribution in [0, 0.1) is 16.0 Å². The van der Waals surface area contributed by atoms with Gasteiger partial charge in [-0.3, -0.25) is 29.7 Å². The number of ketones is 1. The summed E-state index contributed by atoms with van der Waals surface area (Å²) in [7, 11) is 0. The van der Waals surface area contributed by atoms with Crippen LogP contribution >= 0.6 is 11.8 Å². The number of carbonyl (C=O) groups is 2. The Bertz CT molecular complexity index is 1270. The van der Waals surface area contributed by atoms with Crippen LogP contribution in [0.15, 0.2) is 54.6 Å². The second kappa shape index (κ2) is 11.3. The van der Waals surface area contributed by atoms with Gasteiger partial charge in [0, 0.05) is 59.3 Å². The van der Waals surface area contributed by atoms with Gasteiger partial charge in [0.05, 0.1) is 4.92 Å². The van der Waals surface area contributed by atoms with Crippen molar-refractivity contribution in [3.05, 3.63) is 87.1 Å². The summed E-state index contributed by atoms with van der Waals surface area (Å²) >= 11 is 1.82. The number of nitrogens with zero attached hydrogens (tertiary/aromatic N) is 4. The number of nitro groups is 1. The van der Waals surface area contributed by atoms with Crippen LogP contribution in [0.3, 0.4) is 0 Å². The number of thioether (sulfide) groups is 1. The number of hydrogen-bond donors (Lipinski definition) is 1. The van der Waals surface area contributed by atoms with E-state index in [-0.39, 0.29) is 23.3 Å². The van der Waals surface area contributed by atoms with Crippen LogP contribution in [0.5, 0.6) is 0 Å². The minimum absolute atomic E-state index is 0.0203. The molecule has 2 aromatic carbocycles. The fourth-order valence-corrected chi connectivity index (χ4v) is 6.00. The van der Waals surface area contributed by atoms with Crippen LogP contribution < -0.4 is 4.90 Å². The van der Waals surface area contributed by atoms with Crippen LogP contribution in [0.1, 0.15) is 44.8 Å². The molecule has 0 aliphatic carbocycles. The average Bonchev–Trinajstić information content (AvgIpc) is 3.37. The number of likely N-dealkylation sites (tertiary alicyclic amines) is 1. The fourth-order valence-electron chi connectivity index (χ4n) is 5.00. The van der Waals surface area contributed by atoms with Crippen LogP contribution in [0.25, 0.3) is 0 Å². The molecule has 0 atom stereocenters. The largest absolute Gasteiger partial charge is 0.302 e. The predicted octanol–water partition coefficient (Wildman–Crippen LogP) is 4.35. The molecule has 1 aromatic heterocycles. The first-order valence-electron chi connectivity index (χ1n) is 12.5. The number of carbonyl (C=O) groups excluding carboxylic acids is 2. The molecule has 5 rings (SSSR count). The van der Waals surface area contributed by atoms with E-state index >= 15 is 0 Å². The normalized spacial score (nSPS) is 16.2. The maximum absolute atomic E-state index is 13.6. The van der Waals surface area contributed by atoms with Gasteiger partial charge in [-0.25, -0.2) is 0 Å². The second-order valence-electron chi connectivity index (χ2n) is 9.41. The van der Waals surface area contributed by atoms with Crippen molar-refractivity contribution in [2.24, 2.45) is 5.92 Å². The van der Waals surface area contributed by atoms with Crippen LogP contribution in [-0.4, -0.2) is 63.6 Å². The number of fused-ring (bicyclic) bond motifs is 1. The molecule has 3 heterocycles. The first-order valence-corrected chi connectivity index (χ1v) is 13.7. The third kappa shape index (κ3) is 5.60. The molecule has 9 nitrogen and oxygen atoms in total. The number of benzene rings is 2. The van der Waals surface area contributed by atoms with Crippen LogP contribution in [0.2, 0.25) is 0 Å². The van der Waals surface area contributed by atoms with Gasteiger partial charge in [-0.15, -0.1) is 0 Å². The standard InChI is InChI=1S/C27H29N5O4S/c33-25(19-4-2-1-3-5-19)20-10-13-30(14-11-20)15-16-31(26-23-18-37-17-12-24(23)28-29-26)27(34)21-6-8-22(9-7-21)32(35)36/h1-9,20H,10-18H2,(H,28,29). The summed E-state index contributed by atoms with van der Waals surface area (Å²) in [6.45, 7) is 2.67. The van der Waals surface area contributed by atoms with E-state index in [1.165, 1.54) is 24.3 Å². The van der Waals surface area contributed by atoms with Crippen molar-refractivity contribution in [1.29, 1.82) is 0 Å². The molecule has 37 heavy (non-hydrogen) atoms. The van der Waals surface area contributed by atoms with E-state index in [1.54, 1.807) is 4.90 Å². The van der Waals surface area contributed by atoms with Crippen LogP contribution in [0.4, 0.5) is 11.5 Å². The summed E-state index contributed by atoms with van der Waals surface area (Å²) in [5.41, 5.74) is 3.22. The number of hydrogen-bond acceptors (Lipinski definition) is 7. The highest BCUT2D eigenvalue weighted by molar-refractivity contribution is 7.98.